The molecule has 2 aromatic heterocycles. The first-order valence-electron chi connectivity index (χ1n) is 17.5. The van der Waals surface area contributed by atoms with Gasteiger partial charge in [-0.25, -0.2) is 9.97 Å². The Hall–Kier alpha value is -6.58. The van der Waals surface area contributed by atoms with Crippen LogP contribution in [0.2, 0.25) is 0 Å². The zero-order valence-electron chi connectivity index (χ0n) is 27.9. The Morgan fingerprint density at radius 3 is 2.04 bits per heavy atom. The first kappa shape index (κ1) is 29.3. The minimum Gasteiger partial charge on any atom is -0.455 e. The molecule has 0 spiro atoms. The molecule has 240 valence electrons. The molecule has 0 aliphatic heterocycles. The smallest absolute Gasteiger partial charge is 0.160 e. The fourth-order valence-electron chi connectivity index (χ4n) is 7.59. The van der Waals surface area contributed by atoms with Crippen molar-refractivity contribution in [1.82, 2.24) is 9.97 Å². The lowest BCUT2D eigenvalue weighted by molar-refractivity contribution is 0.670. The van der Waals surface area contributed by atoms with E-state index in [1.54, 1.807) is 0 Å². The number of aryl methyl sites for hydroxylation is 1. The standard InChI is InChI=1S/C48H32N2O/c1-3-13-35(14-4-1)42-30-43(50-48(49-42)36-15-5-2-6-16-36)41-27-26-40(47-46(41)45-39-18-10-9-12-33(39)25-28-44(45)51-47)34-22-19-32(20-23-34)38-24-21-31-11-7-8-17-37(31)29-38/h1-6,8-10,12-30H,7,11H2. The number of allylic oxidation sites excluding steroid dienone is 1. The lowest BCUT2D eigenvalue weighted by Crippen LogP contribution is -1.96. The SMILES string of the molecule is C1=Cc2cc(-c3ccc(-c4ccc(-c5cc(-c6ccccc6)nc(-c6ccccc6)n5)c5c4oc4ccc6ccccc6c45)cc3)ccc2CC1. The second-order valence-corrected chi connectivity index (χ2v) is 13.3. The first-order valence-corrected chi connectivity index (χ1v) is 17.5. The van der Waals surface area contributed by atoms with Crippen LogP contribution >= 0.6 is 0 Å². The van der Waals surface area contributed by atoms with Crippen LogP contribution in [0.5, 0.6) is 0 Å². The van der Waals surface area contributed by atoms with E-state index in [1.807, 2.05) is 24.3 Å². The molecular formula is C48H32N2O. The van der Waals surface area contributed by atoms with Crippen molar-refractivity contribution >= 4 is 38.8 Å². The van der Waals surface area contributed by atoms with Crippen LogP contribution in [-0.2, 0) is 6.42 Å². The second kappa shape index (κ2) is 12.1. The van der Waals surface area contributed by atoms with Crippen molar-refractivity contribution in [3.05, 3.63) is 175 Å². The molecule has 2 heterocycles. The second-order valence-electron chi connectivity index (χ2n) is 13.3. The molecule has 3 heteroatoms. The molecular weight excluding hydrogens is 621 g/mol. The number of aromatic nitrogens is 2. The van der Waals surface area contributed by atoms with E-state index in [1.165, 1.54) is 27.6 Å². The number of furan rings is 1. The summed E-state index contributed by atoms with van der Waals surface area (Å²) in [6.07, 6.45) is 6.75. The highest BCUT2D eigenvalue weighted by Crippen LogP contribution is 2.44. The predicted molar refractivity (Wildman–Crippen MR) is 211 cm³/mol. The quantitative estimate of drug-likeness (QED) is 0.186. The van der Waals surface area contributed by atoms with E-state index in [4.69, 9.17) is 14.4 Å². The molecule has 0 N–H and O–H groups in total. The lowest BCUT2D eigenvalue weighted by Gasteiger charge is -2.13. The summed E-state index contributed by atoms with van der Waals surface area (Å²) in [6, 6.07) is 55.6. The van der Waals surface area contributed by atoms with Gasteiger partial charge in [-0.3, -0.25) is 0 Å². The highest BCUT2D eigenvalue weighted by molar-refractivity contribution is 6.24. The largest absolute Gasteiger partial charge is 0.455 e. The minimum absolute atomic E-state index is 0.690. The van der Waals surface area contributed by atoms with Crippen molar-refractivity contribution in [2.45, 2.75) is 12.8 Å². The zero-order chi connectivity index (χ0) is 33.7. The molecule has 10 rings (SSSR count). The van der Waals surface area contributed by atoms with Crippen molar-refractivity contribution in [2.24, 2.45) is 0 Å². The molecule has 0 bridgehead atoms. The molecule has 0 saturated heterocycles. The van der Waals surface area contributed by atoms with Gasteiger partial charge in [0.2, 0.25) is 0 Å². The number of hydrogen-bond donors (Lipinski definition) is 0. The Kier molecular flexibility index (Phi) is 6.95. The molecule has 0 unspecified atom stereocenters. The molecule has 1 aliphatic carbocycles. The summed E-state index contributed by atoms with van der Waals surface area (Å²) in [5.74, 6) is 0.690. The van der Waals surface area contributed by atoms with E-state index in [0.717, 1.165) is 79.4 Å². The summed E-state index contributed by atoms with van der Waals surface area (Å²) >= 11 is 0. The van der Waals surface area contributed by atoms with Crippen molar-refractivity contribution in [2.75, 3.05) is 0 Å². The van der Waals surface area contributed by atoms with Crippen LogP contribution in [0, 0.1) is 0 Å². The van der Waals surface area contributed by atoms with Crippen LogP contribution in [0.25, 0.3) is 94.9 Å². The maximum Gasteiger partial charge on any atom is 0.160 e. The third-order valence-electron chi connectivity index (χ3n) is 10.2. The number of rotatable bonds is 5. The van der Waals surface area contributed by atoms with Gasteiger partial charge in [0.1, 0.15) is 11.2 Å². The molecule has 0 saturated carbocycles. The van der Waals surface area contributed by atoms with E-state index in [-0.39, 0.29) is 0 Å². The van der Waals surface area contributed by atoms with Gasteiger partial charge in [-0.1, -0.05) is 146 Å². The fraction of sp³-hybridized carbons (Fsp3) is 0.0417. The summed E-state index contributed by atoms with van der Waals surface area (Å²) in [5, 5.41) is 4.48. The normalized spacial score (nSPS) is 12.5. The number of benzene rings is 7. The third kappa shape index (κ3) is 5.14. The number of fused-ring (bicyclic) bond motifs is 6. The van der Waals surface area contributed by atoms with Gasteiger partial charge in [0.05, 0.1) is 11.4 Å². The fourth-order valence-corrected chi connectivity index (χ4v) is 7.59. The van der Waals surface area contributed by atoms with Crippen LogP contribution in [0.4, 0.5) is 0 Å². The maximum atomic E-state index is 6.86. The topological polar surface area (TPSA) is 38.9 Å². The molecule has 3 nitrogen and oxygen atoms in total. The monoisotopic (exact) mass is 652 g/mol. The average Bonchev–Trinajstić information content (AvgIpc) is 3.61. The Balaban J connectivity index is 1.19. The number of hydrogen-bond acceptors (Lipinski definition) is 3. The van der Waals surface area contributed by atoms with Gasteiger partial charge in [-0.15, -0.1) is 0 Å². The van der Waals surface area contributed by atoms with Crippen molar-refractivity contribution in [1.29, 1.82) is 0 Å². The van der Waals surface area contributed by atoms with Gasteiger partial charge in [-0.05, 0) is 75.7 Å². The van der Waals surface area contributed by atoms with Crippen molar-refractivity contribution in [3.8, 4) is 56.2 Å². The van der Waals surface area contributed by atoms with Gasteiger partial charge < -0.3 is 4.42 Å². The summed E-state index contributed by atoms with van der Waals surface area (Å²) in [4.78, 5) is 10.3. The Morgan fingerprint density at radius 2 is 1.20 bits per heavy atom. The van der Waals surface area contributed by atoms with E-state index >= 15 is 0 Å². The molecule has 7 aromatic carbocycles. The highest BCUT2D eigenvalue weighted by Gasteiger charge is 2.21. The van der Waals surface area contributed by atoms with Crippen LogP contribution in [-0.4, -0.2) is 9.97 Å². The van der Waals surface area contributed by atoms with Crippen LogP contribution in [0.1, 0.15) is 17.5 Å². The van der Waals surface area contributed by atoms with E-state index in [9.17, 15) is 0 Å². The lowest BCUT2D eigenvalue weighted by atomic mass is 9.92. The summed E-state index contributed by atoms with van der Waals surface area (Å²) in [6.45, 7) is 0. The van der Waals surface area contributed by atoms with Gasteiger partial charge >= 0.3 is 0 Å². The van der Waals surface area contributed by atoms with Gasteiger partial charge in [0.15, 0.2) is 5.82 Å². The summed E-state index contributed by atoms with van der Waals surface area (Å²) in [5.41, 5.74) is 13.8. The van der Waals surface area contributed by atoms with Crippen molar-refractivity contribution < 1.29 is 4.42 Å². The molecule has 9 aromatic rings. The Labute approximate surface area is 296 Å². The molecule has 0 radical (unpaired) electrons. The van der Waals surface area contributed by atoms with Crippen LogP contribution in [0.3, 0.4) is 0 Å². The predicted octanol–water partition coefficient (Wildman–Crippen LogP) is 12.8. The highest BCUT2D eigenvalue weighted by atomic mass is 16.3. The molecule has 0 fully saturated rings. The maximum absolute atomic E-state index is 6.86. The summed E-state index contributed by atoms with van der Waals surface area (Å²) in [7, 11) is 0. The Morgan fingerprint density at radius 1 is 0.490 bits per heavy atom. The van der Waals surface area contributed by atoms with E-state index in [2.05, 4.69) is 146 Å². The van der Waals surface area contributed by atoms with Crippen LogP contribution in [0.15, 0.2) is 168 Å². The van der Waals surface area contributed by atoms with Gasteiger partial charge in [0.25, 0.3) is 0 Å². The minimum atomic E-state index is 0.690. The summed E-state index contributed by atoms with van der Waals surface area (Å²) < 4.78 is 6.86. The van der Waals surface area contributed by atoms with Crippen molar-refractivity contribution in [3.63, 3.8) is 0 Å². The zero-order valence-corrected chi connectivity index (χ0v) is 27.9. The van der Waals surface area contributed by atoms with Crippen LogP contribution < -0.4 is 0 Å². The molecule has 1 aliphatic rings. The molecule has 51 heavy (non-hydrogen) atoms. The van der Waals surface area contributed by atoms with E-state index < -0.39 is 0 Å². The molecule has 0 atom stereocenters. The Bertz CT molecular complexity index is 2720. The molecule has 0 amide bonds. The average molecular weight is 653 g/mol. The van der Waals surface area contributed by atoms with E-state index in [0.29, 0.717) is 5.82 Å². The van der Waals surface area contributed by atoms with Gasteiger partial charge in [-0.2, -0.15) is 0 Å². The third-order valence-corrected chi connectivity index (χ3v) is 10.2. The van der Waals surface area contributed by atoms with Gasteiger partial charge in [0, 0.05) is 33.0 Å². The number of nitrogens with zero attached hydrogens (tertiary/aromatic N) is 2. The first-order chi connectivity index (χ1) is 25.3.